The molecule has 1 atom stereocenters. The quantitative estimate of drug-likeness (QED) is 0.354. The Hall–Kier alpha value is -1.65. The predicted octanol–water partition coefficient (Wildman–Crippen LogP) is 3.63. The number of azide groups is 1. The van der Waals surface area contributed by atoms with Crippen molar-refractivity contribution < 1.29 is 9.53 Å². The molecule has 5 nitrogen and oxygen atoms in total. The molecule has 1 aromatic carbocycles. The van der Waals surface area contributed by atoms with E-state index >= 15 is 0 Å². The lowest BCUT2D eigenvalue weighted by atomic mass is 9.98. The lowest BCUT2D eigenvalue weighted by Crippen LogP contribution is -2.10. The lowest BCUT2D eigenvalue weighted by molar-refractivity contribution is 0.0599. The van der Waals surface area contributed by atoms with E-state index in [1.807, 2.05) is 13.0 Å². The highest BCUT2D eigenvalue weighted by molar-refractivity contribution is 7.99. The zero-order chi connectivity index (χ0) is 13.1. The van der Waals surface area contributed by atoms with Gasteiger partial charge in [-0.05, 0) is 41.8 Å². The monoisotopic (exact) mass is 263 g/mol. The first-order valence-electron chi connectivity index (χ1n) is 5.58. The summed E-state index contributed by atoms with van der Waals surface area (Å²) in [5.41, 5.74) is 11.1. The highest BCUT2D eigenvalue weighted by Crippen LogP contribution is 2.41. The molecule has 6 heteroatoms. The van der Waals surface area contributed by atoms with E-state index in [9.17, 15) is 4.79 Å². The summed E-state index contributed by atoms with van der Waals surface area (Å²) in [5, 5.41) is 3.81. The first kappa shape index (κ1) is 12.8. The minimum Gasteiger partial charge on any atom is -0.465 e. The van der Waals surface area contributed by atoms with Gasteiger partial charge < -0.3 is 4.74 Å². The minimum atomic E-state index is -0.332. The molecule has 0 aliphatic carbocycles. The number of hydrogen-bond acceptors (Lipinski definition) is 4. The third kappa shape index (κ3) is 2.17. The van der Waals surface area contributed by atoms with Gasteiger partial charge in [0.15, 0.2) is 0 Å². The van der Waals surface area contributed by atoms with E-state index in [1.54, 1.807) is 17.8 Å². The molecule has 1 aromatic rings. The van der Waals surface area contributed by atoms with Gasteiger partial charge in [0.2, 0.25) is 0 Å². The van der Waals surface area contributed by atoms with Crippen molar-refractivity contribution in [2.75, 3.05) is 12.9 Å². The summed E-state index contributed by atoms with van der Waals surface area (Å²) in [5.74, 6) is 0.559. The zero-order valence-electron chi connectivity index (χ0n) is 10.2. The van der Waals surface area contributed by atoms with Gasteiger partial charge in [-0.25, -0.2) is 4.79 Å². The third-order valence-corrected chi connectivity index (χ3v) is 4.30. The zero-order valence-corrected chi connectivity index (χ0v) is 11.0. The molecule has 2 rings (SSSR count). The van der Waals surface area contributed by atoms with E-state index in [4.69, 9.17) is 10.3 Å². The second-order valence-electron chi connectivity index (χ2n) is 4.01. The molecule has 1 unspecified atom stereocenters. The Bertz CT molecular complexity index is 538. The molecular weight excluding hydrogens is 250 g/mol. The summed E-state index contributed by atoms with van der Waals surface area (Å²) >= 11 is 1.70. The molecule has 1 aliphatic rings. The van der Waals surface area contributed by atoms with E-state index in [-0.39, 0.29) is 12.0 Å². The van der Waals surface area contributed by atoms with Gasteiger partial charge in [-0.1, -0.05) is 11.2 Å². The molecule has 18 heavy (non-hydrogen) atoms. The van der Waals surface area contributed by atoms with E-state index in [2.05, 4.69) is 10.0 Å². The largest absolute Gasteiger partial charge is 0.465 e. The molecule has 1 aliphatic heterocycles. The van der Waals surface area contributed by atoms with Crippen LogP contribution >= 0.6 is 11.8 Å². The fourth-order valence-electron chi connectivity index (χ4n) is 2.11. The Morgan fingerprint density at radius 2 is 2.39 bits per heavy atom. The van der Waals surface area contributed by atoms with Gasteiger partial charge in [-0.15, -0.1) is 11.8 Å². The van der Waals surface area contributed by atoms with Crippen molar-refractivity contribution in [2.45, 2.75) is 24.3 Å². The molecule has 0 saturated heterocycles. The number of nitrogens with zero attached hydrogens (tertiary/aromatic N) is 3. The molecule has 0 aromatic heterocycles. The van der Waals surface area contributed by atoms with Gasteiger partial charge in [0.25, 0.3) is 0 Å². The number of esters is 1. The van der Waals surface area contributed by atoms with Gasteiger partial charge in [0.05, 0.1) is 18.7 Å². The number of benzene rings is 1. The minimum absolute atomic E-state index is 0.128. The molecule has 94 valence electrons. The van der Waals surface area contributed by atoms with E-state index in [1.165, 1.54) is 7.11 Å². The first-order valence-corrected chi connectivity index (χ1v) is 6.56. The summed E-state index contributed by atoms with van der Waals surface area (Å²) in [7, 11) is 1.37. The van der Waals surface area contributed by atoms with Crippen LogP contribution in [0, 0.1) is 6.92 Å². The van der Waals surface area contributed by atoms with Crippen LogP contribution in [0.5, 0.6) is 0 Å². The highest BCUT2D eigenvalue weighted by Gasteiger charge is 2.24. The van der Waals surface area contributed by atoms with Crippen molar-refractivity contribution in [2.24, 2.45) is 5.11 Å². The average Bonchev–Trinajstić information content (AvgIpc) is 2.39. The fraction of sp³-hybridized carbons (Fsp3) is 0.417. The summed E-state index contributed by atoms with van der Waals surface area (Å²) in [6.45, 7) is 1.90. The topological polar surface area (TPSA) is 75.1 Å². The van der Waals surface area contributed by atoms with Crippen LogP contribution in [0.4, 0.5) is 0 Å². The Kier molecular flexibility index (Phi) is 3.79. The van der Waals surface area contributed by atoms with Gasteiger partial charge >= 0.3 is 5.97 Å². The summed E-state index contributed by atoms with van der Waals surface area (Å²) < 4.78 is 4.75. The van der Waals surface area contributed by atoms with E-state index < -0.39 is 0 Å². The Balaban J connectivity index is 2.51. The van der Waals surface area contributed by atoms with Gasteiger partial charge in [0, 0.05) is 9.81 Å². The molecular formula is C12H13N3O2S. The van der Waals surface area contributed by atoms with Crippen molar-refractivity contribution in [3.8, 4) is 0 Å². The van der Waals surface area contributed by atoms with Gasteiger partial charge in [-0.2, -0.15) is 0 Å². The standard InChI is InChI=1S/C12H13N3O2S/c1-7-8(12(16)17-2)3-4-9-10(14-15-13)5-6-18-11(7)9/h3-4,10H,5-6H2,1-2H3. The first-order chi connectivity index (χ1) is 8.69. The second kappa shape index (κ2) is 5.33. The highest BCUT2D eigenvalue weighted by atomic mass is 32.2. The number of fused-ring (bicyclic) bond motifs is 1. The van der Waals surface area contributed by atoms with E-state index in [0.717, 1.165) is 28.2 Å². The predicted molar refractivity (Wildman–Crippen MR) is 69.7 cm³/mol. The number of carbonyl (C=O) groups excluding carboxylic acids is 1. The number of rotatable bonds is 2. The number of thioether (sulfide) groups is 1. The summed E-state index contributed by atoms with van der Waals surface area (Å²) in [6.07, 6.45) is 0.832. The number of methoxy groups -OCH3 is 1. The van der Waals surface area contributed by atoms with Gasteiger partial charge in [-0.3, -0.25) is 0 Å². The van der Waals surface area contributed by atoms with Crippen LogP contribution in [0.15, 0.2) is 22.1 Å². The molecule has 0 amide bonds. The van der Waals surface area contributed by atoms with Crippen LogP contribution in [0.2, 0.25) is 0 Å². The molecule has 0 N–H and O–H groups in total. The van der Waals surface area contributed by atoms with E-state index in [0.29, 0.717) is 5.56 Å². The normalized spacial score (nSPS) is 17.6. The molecule has 0 radical (unpaired) electrons. The van der Waals surface area contributed by atoms with Crippen molar-refractivity contribution in [1.29, 1.82) is 0 Å². The second-order valence-corrected chi connectivity index (χ2v) is 5.11. The molecule has 0 saturated carbocycles. The third-order valence-electron chi connectivity index (χ3n) is 3.03. The van der Waals surface area contributed by atoms with Crippen LogP contribution < -0.4 is 0 Å². The fourth-order valence-corrected chi connectivity index (χ4v) is 3.35. The van der Waals surface area contributed by atoms with Crippen molar-refractivity contribution in [1.82, 2.24) is 0 Å². The number of ether oxygens (including phenoxy) is 1. The molecule has 0 fully saturated rings. The van der Waals surface area contributed by atoms with Crippen molar-refractivity contribution in [3.05, 3.63) is 39.3 Å². The Morgan fingerprint density at radius 1 is 1.61 bits per heavy atom. The van der Waals surface area contributed by atoms with Crippen LogP contribution in [0.3, 0.4) is 0 Å². The summed E-state index contributed by atoms with van der Waals surface area (Å²) in [4.78, 5) is 15.5. The van der Waals surface area contributed by atoms with Crippen LogP contribution in [-0.2, 0) is 4.74 Å². The maximum absolute atomic E-state index is 11.6. The summed E-state index contributed by atoms with van der Waals surface area (Å²) in [6, 6.07) is 3.47. The number of hydrogen-bond donors (Lipinski definition) is 0. The van der Waals surface area contributed by atoms with Crippen molar-refractivity contribution >= 4 is 17.7 Å². The van der Waals surface area contributed by atoms with Crippen LogP contribution in [0.25, 0.3) is 10.4 Å². The number of carbonyl (C=O) groups is 1. The van der Waals surface area contributed by atoms with Crippen LogP contribution in [0.1, 0.15) is 33.9 Å². The van der Waals surface area contributed by atoms with Crippen LogP contribution in [-0.4, -0.2) is 18.8 Å². The average molecular weight is 263 g/mol. The lowest BCUT2D eigenvalue weighted by Gasteiger charge is -2.23. The molecule has 0 spiro atoms. The maximum Gasteiger partial charge on any atom is 0.338 e. The molecule has 0 bridgehead atoms. The van der Waals surface area contributed by atoms with Crippen molar-refractivity contribution in [3.63, 3.8) is 0 Å². The SMILES string of the molecule is COC(=O)c1ccc2c(c1C)SCCC2N=[N+]=[N-]. The molecule has 1 heterocycles. The smallest absolute Gasteiger partial charge is 0.338 e. The Labute approximate surface area is 109 Å². The maximum atomic E-state index is 11.6. The van der Waals surface area contributed by atoms with Gasteiger partial charge in [0.1, 0.15) is 0 Å². The Morgan fingerprint density at radius 3 is 3.06 bits per heavy atom.